The zero-order chi connectivity index (χ0) is 9.80. The Morgan fingerprint density at radius 1 is 1.71 bits per heavy atom. The number of hydrogen-bond donors (Lipinski definition) is 1. The third kappa shape index (κ3) is 2.39. The maximum absolute atomic E-state index is 10.3. The molecule has 3 nitrogen and oxygen atoms in total. The molecule has 0 bridgehead atoms. The molecule has 1 atom stereocenters. The van der Waals surface area contributed by atoms with Gasteiger partial charge in [-0.05, 0) is 25.4 Å². The number of hydrogen-bond acceptors (Lipinski definition) is 4. The molecule has 0 saturated carbocycles. The molecule has 0 aliphatic carbocycles. The molecule has 1 N–H and O–H groups in total. The van der Waals surface area contributed by atoms with Crippen LogP contribution in [0.25, 0.3) is 0 Å². The van der Waals surface area contributed by atoms with Gasteiger partial charge in [0.05, 0.1) is 5.01 Å². The van der Waals surface area contributed by atoms with Crippen LogP contribution in [-0.4, -0.2) is 24.4 Å². The van der Waals surface area contributed by atoms with E-state index in [2.05, 4.69) is 10.3 Å². The van der Waals surface area contributed by atoms with Gasteiger partial charge in [-0.1, -0.05) is 0 Å². The zero-order valence-electron chi connectivity index (χ0n) is 8.03. The number of carbonyl (C=O) groups excluding carboxylic acids is 1. The number of nitrogens with zero attached hydrogens (tertiary/aromatic N) is 1. The van der Waals surface area contributed by atoms with E-state index in [-0.39, 0.29) is 0 Å². The lowest BCUT2D eigenvalue weighted by Gasteiger charge is -2.03. The van der Waals surface area contributed by atoms with Crippen molar-refractivity contribution in [2.75, 3.05) is 13.1 Å². The summed E-state index contributed by atoms with van der Waals surface area (Å²) in [5.41, 5.74) is 0. The topological polar surface area (TPSA) is 42.0 Å². The standard InChI is InChI=1S/C10H14N2OS/c13-4-2-9-7-12-10(14-9)5-8-1-3-11-6-8/h4,7-8,11H,1-3,5-6H2. The number of nitrogens with one attached hydrogen (secondary N) is 1. The lowest BCUT2D eigenvalue weighted by atomic mass is 10.1. The van der Waals surface area contributed by atoms with Crippen molar-refractivity contribution in [1.29, 1.82) is 0 Å². The third-order valence-electron chi connectivity index (χ3n) is 2.51. The highest BCUT2D eigenvalue weighted by atomic mass is 32.1. The number of thiazole rings is 1. The fraction of sp³-hybridized carbons (Fsp3) is 0.600. The molecule has 76 valence electrons. The van der Waals surface area contributed by atoms with Gasteiger partial charge in [-0.15, -0.1) is 11.3 Å². The van der Waals surface area contributed by atoms with E-state index in [9.17, 15) is 4.79 Å². The summed E-state index contributed by atoms with van der Waals surface area (Å²) in [5, 5.41) is 4.52. The van der Waals surface area contributed by atoms with Crippen LogP contribution in [0.4, 0.5) is 0 Å². The molecule has 1 unspecified atom stereocenters. The van der Waals surface area contributed by atoms with Crippen molar-refractivity contribution in [3.05, 3.63) is 16.1 Å². The smallest absolute Gasteiger partial charge is 0.125 e. The highest BCUT2D eigenvalue weighted by Crippen LogP contribution is 2.19. The van der Waals surface area contributed by atoms with E-state index in [0.717, 1.165) is 36.6 Å². The van der Waals surface area contributed by atoms with Crippen LogP contribution >= 0.6 is 11.3 Å². The summed E-state index contributed by atoms with van der Waals surface area (Å²) in [6.45, 7) is 2.25. The fourth-order valence-corrected chi connectivity index (χ4v) is 2.74. The van der Waals surface area contributed by atoms with E-state index >= 15 is 0 Å². The summed E-state index contributed by atoms with van der Waals surface area (Å²) >= 11 is 1.67. The van der Waals surface area contributed by atoms with Crippen molar-refractivity contribution < 1.29 is 4.79 Å². The van der Waals surface area contributed by atoms with Gasteiger partial charge in [-0.25, -0.2) is 4.98 Å². The maximum Gasteiger partial charge on any atom is 0.125 e. The van der Waals surface area contributed by atoms with E-state index in [1.54, 1.807) is 11.3 Å². The summed E-state index contributed by atoms with van der Waals surface area (Å²) in [6, 6.07) is 0. The molecule has 0 radical (unpaired) electrons. The van der Waals surface area contributed by atoms with Gasteiger partial charge in [-0.2, -0.15) is 0 Å². The summed E-state index contributed by atoms with van der Waals surface area (Å²) in [5.74, 6) is 0.741. The van der Waals surface area contributed by atoms with Gasteiger partial charge in [0, 0.05) is 23.9 Å². The first-order valence-corrected chi connectivity index (χ1v) is 5.78. The van der Waals surface area contributed by atoms with Crippen molar-refractivity contribution in [2.45, 2.75) is 19.3 Å². The van der Waals surface area contributed by atoms with E-state index in [4.69, 9.17) is 0 Å². The first kappa shape index (κ1) is 9.80. The predicted octanol–water partition coefficient (Wildman–Crippen LogP) is 1.04. The summed E-state index contributed by atoms with van der Waals surface area (Å²) in [6.07, 6.45) is 5.60. The molecular weight excluding hydrogens is 196 g/mol. The predicted molar refractivity (Wildman–Crippen MR) is 56.6 cm³/mol. The SMILES string of the molecule is O=CCc1cnc(CC2CCNC2)s1. The van der Waals surface area contributed by atoms with Crippen molar-refractivity contribution in [1.82, 2.24) is 10.3 Å². The highest BCUT2D eigenvalue weighted by molar-refractivity contribution is 7.11. The summed E-state index contributed by atoms with van der Waals surface area (Å²) in [7, 11) is 0. The van der Waals surface area contributed by atoms with E-state index in [1.165, 1.54) is 11.4 Å². The van der Waals surface area contributed by atoms with Gasteiger partial charge in [0.15, 0.2) is 0 Å². The Labute approximate surface area is 87.6 Å². The Kier molecular flexibility index (Phi) is 3.26. The Morgan fingerprint density at radius 2 is 2.64 bits per heavy atom. The van der Waals surface area contributed by atoms with Gasteiger partial charge < -0.3 is 10.1 Å². The lowest BCUT2D eigenvalue weighted by molar-refractivity contribution is -0.107. The second-order valence-corrected chi connectivity index (χ2v) is 4.85. The van der Waals surface area contributed by atoms with Crippen LogP contribution in [0, 0.1) is 5.92 Å². The number of aldehydes is 1. The second-order valence-electron chi connectivity index (χ2n) is 3.65. The summed E-state index contributed by atoms with van der Waals surface area (Å²) < 4.78 is 0. The van der Waals surface area contributed by atoms with Crippen LogP contribution in [0.5, 0.6) is 0 Å². The molecule has 0 spiro atoms. The van der Waals surface area contributed by atoms with Gasteiger partial charge in [0.25, 0.3) is 0 Å². The molecule has 4 heteroatoms. The average molecular weight is 210 g/mol. The highest BCUT2D eigenvalue weighted by Gasteiger charge is 2.16. The number of carbonyl (C=O) groups is 1. The van der Waals surface area contributed by atoms with Crippen molar-refractivity contribution in [2.24, 2.45) is 5.92 Å². The van der Waals surface area contributed by atoms with Crippen molar-refractivity contribution in [3.63, 3.8) is 0 Å². The van der Waals surface area contributed by atoms with Crippen LogP contribution in [0.3, 0.4) is 0 Å². The molecule has 1 aliphatic rings. The van der Waals surface area contributed by atoms with Crippen LogP contribution < -0.4 is 5.32 Å². The fourth-order valence-electron chi connectivity index (χ4n) is 1.75. The lowest BCUT2D eigenvalue weighted by Crippen LogP contribution is -2.10. The molecule has 14 heavy (non-hydrogen) atoms. The number of rotatable bonds is 4. The largest absolute Gasteiger partial charge is 0.316 e. The van der Waals surface area contributed by atoms with Gasteiger partial charge in [-0.3, -0.25) is 0 Å². The molecular formula is C10H14N2OS. The Bertz CT molecular complexity index is 305. The molecule has 2 rings (SSSR count). The van der Waals surface area contributed by atoms with Crippen LogP contribution in [0.1, 0.15) is 16.3 Å². The maximum atomic E-state index is 10.3. The first-order chi connectivity index (χ1) is 6.88. The third-order valence-corrected chi connectivity index (χ3v) is 3.55. The van der Waals surface area contributed by atoms with Crippen molar-refractivity contribution >= 4 is 17.6 Å². The van der Waals surface area contributed by atoms with Crippen LogP contribution in [0.2, 0.25) is 0 Å². The second kappa shape index (κ2) is 4.66. The minimum atomic E-state index is 0.514. The molecule has 1 aromatic heterocycles. The normalized spacial score (nSPS) is 21.3. The Balaban J connectivity index is 1.91. The molecule has 1 fully saturated rings. The molecule has 1 aliphatic heterocycles. The first-order valence-electron chi connectivity index (χ1n) is 4.96. The van der Waals surface area contributed by atoms with E-state index in [1.807, 2.05) is 6.20 Å². The molecule has 0 aromatic carbocycles. The van der Waals surface area contributed by atoms with Gasteiger partial charge >= 0.3 is 0 Å². The van der Waals surface area contributed by atoms with Crippen LogP contribution in [0.15, 0.2) is 6.20 Å². The van der Waals surface area contributed by atoms with Gasteiger partial charge in [0.1, 0.15) is 6.29 Å². The molecule has 2 heterocycles. The van der Waals surface area contributed by atoms with Crippen LogP contribution in [-0.2, 0) is 17.6 Å². The van der Waals surface area contributed by atoms with E-state index in [0.29, 0.717) is 6.42 Å². The average Bonchev–Trinajstić information content (AvgIpc) is 2.79. The molecule has 1 saturated heterocycles. The zero-order valence-corrected chi connectivity index (χ0v) is 8.85. The quantitative estimate of drug-likeness (QED) is 0.755. The van der Waals surface area contributed by atoms with Crippen molar-refractivity contribution in [3.8, 4) is 0 Å². The van der Waals surface area contributed by atoms with Gasteiger partial charge in [0.2, 0.25) is 0 Å². The number of aromatic nitrogens is 1. The monoisotopic (exact) mass is 210 g/mol. The Morgan fingerprint density at radius 3 is 3.36 bits per heavy atom. The molecule has 0 amide bonds. The molecule has 1 aromatic rings. The Hall–Kier alpha value is -0.740. The minimum absolute atomic E-state index is 0.514. The van der Waals surface area contributed by atoms with E-state index < -0.39 is 0 Å². The minimum Gasteiger partial charge on any atom is -0.316 e. The summed E-state index contributed by atoms with van der Waals surface area (Å²) in [4.78, 5) is 15.7.